The van der Waals surface area contributed by atoms with Gasteiger partial charge in [-0.05, 0) is 25.7 Å². The van der Waals surface area contributed by atoms with Gasteiger partial charge in [-0.2, -0.15) is 0 Å². The number of nitrogens with one attached hydrogen (secondary N) is 1. The third-order valence-electron chi connectivity index (χ3n) is 3.33. The van der Waals surface area contributed by atoms with E-state index in [9.17, 15) is 0 Å². The van der Waals surface area contributed by atoms with Crippen molar-refractivity contribution in [2.45, 2.75) is 52.5 Å². The molecule has 0 aromatic carbocycles. The third-order valence-corrected chi connectivity index (χ3v) is 3.70. The smallest absolute Gasteiger partial charge is 0.137 e. The van der Waals surface area contributed by atoms with Gasteiger partial charge in [0.2, 0.25) is 0 Å². The molecule has 0 unspecified atom stereocenters. The Morgan fingerprint density at radius 1 is 1.29 bits per heavy atom. The van der Waals surface area contributed by atoms with Gasteiger partial charge in [-0.3, -0.25) is 0 Å². The van der Waals surface area contributed by atoms with Crippen molar-refractivity contribution >= 4 is 17.4 Å². The minimum atomic E-state index is 0.300. The molecule has 4 heteroatoms. The average molecular weight is 254 g/mol. The Kier molecular flexibility index (Phi) is 3.57. The molecular formula is C13H20ClN3. The Balaban J connectivity index is 2.19. The highest BCUT2D eigenvalue weighted by Gasteiger charge is 2.26. The standard InChI is InChI=1S/C13H20ClN3/c1-7(2)12-16-11(14)9(4)13(17-12)15-10-5-8(3)6-10/h7-8,10H,5-6H2,1-4H3,(H,15,16,17). The monoisotopic (exact) mass is 253 g/mol. The summed E-state index contributed by atoms with van der Waals surface area (Å²) in [4.78, 5) is 8.89. The van der Waals surface area contributed by atoms with Gasteiger partial charge in [0.1, 0.15) is 16.8 Å². The fraction of sp³-hybridized carbons (Fsp3) is 0.692. The van der Waals surface area contributed by atoms with Gasteiger partial charge in [0.05, 0.1) is 0 Å². The van der Waals surface area contributed by atoms with Gasteiger partial charge in [-0.15, -0.1) is 0 Å². The zero-order chi connectivity index (χ0) is 12.6. The van der Waals surface area contributed by atoms with Crippen molar-refractivity contribution in [3.05, 3.63) is 16.5 Å². The van der Waals surface area contributed by atoms with Crippen LogP contribution in [0, 0.1) is 12.8 Å². The molecule has 17 heavy (non-hydrogen) atoms. The first-order valence-electron chi connectivity index (χ1n) is 6.28. The summed E-state index contributed by atoms with van der Waals surface area (Å²) in [5.74, 6) is 2.85. The summed E-state index contributed by atoms with van der Waals surface area (Å²) in [6.07, 6.45) is 2.44. The van der Waals surface area contributed by atoms with Crippen molar-refractivity contribution < 1.29 is 0 Å². The van der Waals surface area contributed by atoms with E-state index in [0.29, 0.717) is 17.1 Å². The van der Waals surface area contributed by atoms with Crippen molar-refractivity contribution in [1.82, 2.24) is 9.97 Å². The highest BCUT2D eigenvalue weighted by atomic mass is 35.5. The van der Waals surface area contributed by atoms with E-state index in [1.807, 2.05) is 6.92 Å². The Hall–Kier alpha value is -0.830. The van der Waals surface area contributed by atoms with Crippen LogP contribution in [0.5, 0.6) is 0 Å². The summed E-state index contributed by atoms with van der Waals surface area (Å²) in [6, 6.07) is 0.551. The summed E-state index contributed by atoms with van der Waals surface area (Å²) >= 11 is 6.15. The highest BCUT2D eigenvalue weighted by Crippen LogP contribution is 2.31. The molecule has 0 bridgehead atoms. The second-order valence-corrected chi connectivity index (χ2v) is 5.78. The Bertz CT molecular complexity index is 411. The Labute approximate surface area is 108 Å². The van der Waals surface area contributed by atoms with E-state index in [-0.39, 0.29) is 0 Å². The number of hydrogen-bond acceptors (Lipinski definition) is 3. The number of hydrogen-bond donors (Lipinski definition) is 1. The lowest BCUT2D eigenvalue weighted by molar-refractivity contribution is 0.308. The zero-order valence-electron chi connectivity index (χ0n) is 10.9. The topological polar surface area (TPSA) is 37.8 Å². The lowest BCUT2D eigenvalue weighted by Crippen LogP contribution is -2.34. The van der Waals surface area contributed by atoms with Crippen LogP contribution in [0.2, 0.25) is 5.15 Å². The molecule has 1 aromatic rings. The van der Waals surface area contributed by atoms with Gasteiger partial charge >= 0.3 is 0 Å². The lowest BCUT2D eigenvalue weighted by Gasteiger charge is -2.34. The first kappa shape index (κ1) is 12.6. The van der Waals surface area contributed by atoms with Crippen LogP contribution >= 0.6 is 11.6 Å². The molecule has 1 aromatic heterocycles. The summed E-state index contributed by atoms with van der Waals surface area (Å²) in [6.45, 7) is 8.40. The molecule has 0 radical (unpaired) electrons. The summed E-state index contributed by atoms with van der Waals surface area (Å²) in [5, 5.41) is 4.05. The third kappa shape index (κ3) is 2.71. The van der Waals surface area contributed by atoms with E-state index in [2.05, 4.69) is 36.1 Å². The minimum absolute atomic E-state index is 0.300. The maximum Gasteiger partial charge on any atom is 0.137 e. The molecule has 0 saturated heterocycles. The van der Waals surface area contributed by atoms with E-state index in [4.69, 9.17) is 11.6 Å². The predicted octanol–water partition coefficient (Wildman–Crippen LogP) is 3.77. The second kappa shape index (κ2) is 4.81. The molecule has 1 fully saturated rings. The fourth-order valence-electron chi connectivity index (χ4n) is 2.12. The van der Waals surface area contributed by atoms with Gasteiger partial charge in [-0.25, -0.2) is 9.97 Å². The van der Waals surface area contributed by atoms with Gasteiger partial charge in [-0.1, -0.05) is 32.4 Å². The number of anilines is 1. The average Bonchev–Trinajstić information content (AvgIpc) is 2.21. The molecule has 1 N–H and O–H groups in total. The molecule has 0 amide bonds. The van der Waals surface area contributed by atoms with Gasteiger partial charge in [0, 0.05) is 17.5 Å². The van der Waals surface area contributed by atoms with Crippen molar-refractivity contribution in [3.8, 4) is 0 Å². The van der Waals surface area contributed by atoms with Gasteiger partial charge in [0.15, 0.2) is 0 Å². The minimum Gasteiger partial charge on any atom is -0.367 e. The largest absolute Gasteiger partial charge is 0.367 e. The van der Waals surface area contributed by atoms with E-state index < -0.39 is 0 Å². The molecule has 1 heterocycles. The summed E-state index contributed by atoms with van der Waals surface area (Å²) in [5.41, 5.74) is 0.954. The quantitative estimate of drug-likeness (QED) is 0.834. The van der Waals surface area contributed by atoms with Crippen LogP contribution in [0.15, 0.2) is 0 Å². The Morgan fingerprint density at radius 2 is 1.94 bits per heavy atom. The molecule has 3 nitrogen and oxygen atoms in total. The first-order chi connectivity index (χ1) is 7.97. The fourth-order valence-corrected chi connectivity index (χ4v) is 2.29. The molecule has 1 aliphatic carbocycles. The van der Waals surface area contributed by atoms with Crippen molar-refractivity contribution in [2.75, 3.05) is 5.32 Å². The van der Waals surface area contributed by atoms with Crippen LogP contribution in [-0.2, 0) is 0 Å². The van der Waals surface area contributed by atoms with Crippen molar-refractivity contribution in [3.63, 3.8) is 0 Å². The zero-order valence-corrected chi connectivity index (χ0v) is 11.7. The van der Waals surface area contributed by atoms with Crippen LogP contribution in [0.25, 0.3) is 0 Å². The highest BCUT2D eigenvalue weighted by molar-refractivity contribution is 6.30. The summed E-state index contributed by atoms with van der Waals surface area (Å²) in [7, 11) is 0. The van der Waals surface area contributed by atoms with Crippen LogP contribution < -0.4 is 5.32 Å². The van der Waals surface area contributed by atoms with Gasteiger partial charge < -0.3 is 5.32 Å². The molecular weight excluding hydrogens is 234 g/mol. The lowest BCUT2D eigenvalue weighted by atomic mass is 9.82. The molecule has 0 spiro atoms. The van der Waals surface area contributed by atoms with E-state index in [1.165, 1.54) is 12.8 Å². The second-order valence-electron chi connectivity index (χ2n) is 5.42. The SMILES string of the molecule is Cc1c(Cl)nc(C(C)C)nc1NC1CC(C)C1. The molecule has 1 saturated carbocycles. The maximum atomic E-state index is 6.15. The normalized spacial score (nSPS) is 23.6. The number of halogens is 1. The number of aromatic nitrogens is 2. The van der Waals surface area contributed by atoms with E-state index in [0.717, 1.165) is 23.1 Å². The number of nitrogens with zero attached hydrogens (tertiary/aromatic N) is 2. The molecule has 0 aliphatic heterocycles. The van der Waals surface area contributed by atoms with Crippen molar-refractivity contribution in [1.29, 1.82) is 0 Å². The Morgan fingerprint density at radius 3 is 2.47 bits per heavy atom. The summed E-state index contributed by atoms with van der Waals surface area (Å²) < 4.78 is 0. The molecule has 94 valence electrons. The predicted molar refractivity (Wildman–Crippen MR) is 71.7 cm³/mol. The first-order valence-corrected chi connectivity index (χ1v) is 6.65. The maximum absolute atomic E-state index is 6.15. The van der Waals surface area contributed by atoms with E-state index >= 15 is 0 Å². The number of rotatable bonds is 3. The van der Waals surface area contributed by atoms with Crippen molar-refractivity contribution in [2.24, 2.45) is 5.92 Å². The van der Waals surface area contributed by atoms with E-state index in [1.54, 1.807) is 0 Å². The van der Waals surface area contributed by atoms with Crippen LogP contribution in [0.1, 0.15) is 50.9 Å². The van der Waals surface area contributed by atoms with Crippen LogP contribution in [0.4, 0.5) is 5.82 Å². The molecule has 1 aliphatic rings. The molecule has 0 atom stereocenters. The molecule has 2 rings (SSSR count). The van der Waals surface area contributed by atoms with Gasteiger partial charge in [0.25, 0.3) is 0 Å². The van der Waals surface area contributed by atoms with Crippen LogP contribution in [0.3, 0.4) is 0 Å². The van der Waals surface area contributed by atoms with Crippen LogP contribution in [-0.4, -0.2) is 16.0 Å².